The number of hydrogen-bond acceptors (Lipinski definition) is 9. The molecule has 32 heavy (non-hydrogen) atoms. The van der Waals surface area contributed by atoms with Gasteiger partial charge in [-0.25, -0.2) is 33.3 Å². The minimum absolute atomic E-state index is 0.0740. The van der Waals surface area contributed by atoms with Gasteiger partial charge in [-0.15, -0.1) is 0 Å². The van der Waals surface area contributed by atoms with E-state index in [1.54, 1.807) is 24.7 Å². The van der Waals surface area contributed by atoms with Crippen LogP contribution in [0.3, 0.4) is 0 Å². The zero-order chi connectivity index (χ0) is 22.3. The standard InChI is InChI=1S/C21H22FN7O2S/c1-14-16-13-25-21(20-23-4-2-5-24-20)26-17(16)3-6-29(14)19-12-15(11-18(22)27-19)28-7-9-32(30,31)10-8-28/h2,4-5,11-14H,3,6-10H2,1H3. The Bertz CT molecular complexity index is 1240. The van der Waals surface area contributed by atoms with E-state index in [4.69, 9.17) is 0 Å². The van der Waals surface area contributed by atoms with E-state index in [0.717, 1.165) is 11.3 Å². The van der Waals surface area contributed by atoms with E-state index < -0.39 is 15.8 Å². The quantitative estimate of drug-likeness (QED) is 0.547. The molecule has 3 aromatic rings. The van der Waals surface area contributed by atoms with Crippen molar-refractivity contribution in [2.45, 2.75) is 19.4 Å². The van der Waals surface area contributed by atoms with E-state index in [9.17, 15) is 12.8 Å². The van der Waals surface area contributed by atoms with Crippen LogP contribution in [0.1, 0.15) is 24.2 Å². The SMILES string of the molecule is CC1c2cnc(-c3ncccn3)nc2CCN1c1cc(N2CCS(=O)(=O)CC2)cc(F)n1. The van der Waals surface area contributed by atoms with E-state index in [0.29, 0.717) is 49.2 Å². The molecule has 0 aliphatic carbocycles. The zero-order valence-electron chi connectivity index (χ0n) is 17.5. The molecule has 5 rings (SSSR count). The molecular weight excluding hydrogens is 433 g/mol. The number of fused-ring (bicyclic) bond motifs is 1. The third-order valence-electron chi connectivity index (χ3n) is 5.94. The first kappa shape index (κ1) is 20.7. The van der Waals surface area contributed by atoms with Crippen LogP contribution in [0.15, 0.2) is 36.8 Å². The number of rotatable bonds is 3. The molecule has 1 atom stereocenters. The first-order chi connectivity index (χ1) is 15.4. The fourth-order valence-corrected chi connectivity index (χ4v) is 5.37. The molecule has 1 unspecified atom stereocenters. The number of pyridine rings is 1. The number of halogens is 1. The Kier molecular flexibility index (Phi) is 5.20. The van der Waals surface area contributed by atoms with Gasteiger partial charge in [0, 0.05) is 68.0 Å². The maximum Gasteiger partial charge on any atom is 0.216 e. The highest BCUT2D eigenvalue weighted by Crippen LogP contribution is 2.34. The number of hydrogen-bond donors (Lipinski definition) is 0. The molecule has 0 spiro atoms. The molecule has 5 heterocycles. The van der Waals surface area contributed by atoms with Crippen LogP contribution in [0.2, 0.25) is 0 Å². The monoisotopic (exact) mass is 455 g/mol. The van der Waals surface area contributed by atoms with Crippen LogP contribution in [0, 0.1) is 5.95 Å². The van der Waals surface area contributed by atoms with Crippen molar-refractivity contribution in [2.24, 2.45) is 0 Å². The lowest BCUT2D eigenvalue weighted by atomic mass is 9.99. The highest BCUT2D eigenvalue weighted by molar-refractivity contribution is 7.91. The fourth-order valence-electron chi connectivity index (χ4n) is 4.17. The van der Waals surface area contributed by atoms with E-state index in [1.807, 2.05) is 22.8 Å². The van der Waals surface area contributed by atoms with Gasteiger partial charge in [0.1, 0.15) is 5.82 Å². The molecule has 0 aromatic carbocycles. The predicted octanol–water partition coefficient (Wildman–Crippen LogP) is 1.83. The second-order valence-electron chi connectivity index (χ2n) is 7.93. The summed E-state index contributed by atoms with van der Waals surface area (Å²) < 4.78 is 37.9. The van der Waals surface area contributed by atoms with Crippen molar-refractivity contribution in [1.82, 2.24) is 24.9 Å². The molecule has 1 fully saturated rings. The third kappa shape index (κ3) is 3.99. The van der Waals surface area contributed by atoms with E-state index in [2.05, 4.69) is 24.9 Å². The van der Waals surface area contributed by atoms with Crippen molar-refractivity contribution >= 4 is 21.3 Å². The molecule has 0 radical (unpaired) electrons. The molecule has 2 aliphatic heterocycles. The summed E-state index contributed by atoms with van der Waals surface area (Å²) in [5.41, 5.74) is 2.52. The molecule has 166 valence electrons. The molecule has 0 amide bonds. The van der Waals surface area contributed by atoms with Gasteiger partial charge in [0.25, 0.3) is 0 Å². The molecule has 0 N–H and O–H groups in total. The number of aromatic nitrogens is 5. The summed E-state index contributed by atoms with van der Waals surface area (Å²) in [6, 6.07) is 4.83. The molecule has 3 aromatic heterocycles. The highest BCUT2D eigenvalue weighted by atomic mass is 32.2. The summed E-state index contributed by atoms with van der Waals surface area (Å²) in [4.78, 5) is 25.6. The van der Waals surface area contributed by atoms with Gasteiger partial charge < -0.3 is 9.80 Å². The zero-order valence-corrected chi connectivity index (χ0v) is 18.3. The van der Waals surface area contributed by atoms with Crippen LogP contribution in [0.5, 0.6) is 0 Å². The third-order valence-corrected chi connectivity index (χ3v) is 7.55. The number of nitrogens with zero attached hydrogens (tertiary/aromatic N) is 7. The average Bonchev–Trinajstić information content (AvgIpc) is 2.79. The van der Waals surface area contributed by atoms with Crippen LogP contribution in [0.25, 0.3) is 11.6 Å². The highest BCUT2D eigenvalue weighted by Gasteiger charge is 2.29. The van der Waals surface area contributed by atoms with Gasteiger partial charge in [0.2, 0.25) is 5.95 Å². The Morgan fingerprint density at radius 2 is 1.75 bits per heavy atom. The Balaban J connectivity index is 1.42. The van der Waals surface area contributed by atoms with Crippen molar-refractivity contribution in [3.05, 3.63) is 54.0 Å². The molecule has 2 aliphatic rings. The lowest BCUT2D eigenvalue weighted by molar-refractivity contribution is 0.561. The summed E-state index contributed by atoms with van der Waals surface area (Å²) in [5.74, 6) is 1.04. The first-order valence-electron chi connectivity index (χ1n) is 10.4. The van der Waals surface area contributed by atoms with Gasteiger partial charge in [0.15, 0.2) is 21.5 Å². The minimum atomic E-state index is -3.01. The molecule has 0 saturated carbocycles. The average molecular weight is 456 g/mol. The predicted molar refractivity (Wildman–Crippen MR) is 118 cm³/mol. The second kappa shape index (κ2) is 8.05. The van der Waals surface area contributed by atoms with Crippen molar-refractivity contribution in [3.63, 3.8) is 0 Å². The Labute approximate surface area is 185 Å². The molecule has 0 bridgehead atoms. The van der Waals surface area contributed by atoms with Crippen LogP contribution in [-0.4, -0.2) is 64.5 Å². The Morgan fingerprint density at radius 3 is 2.50 bits per heavy atom. The smallest absolute Gasteiger partial charge is 0.216 e. The van der Waals surface area contributed by atoms with Crippen LogP contribution in [0.4, 0.5) is 15.9 Å². The lowest BCUT2D eigenvalue weighted by Gasteiger charge is -2.36. The largest absolute Gasteiger partial charge is 0.369 e. The maximum atomic E-state index is 14.4. The normalized spacial score (nSPS) is 20.1. The maximum absolute atomic E-state index is 14.4. The van der Waals surface area contributed by atoms with Crippen LogP contribution in [-0.2, 0) is 16.3 Å². The summed E-state index contributed by atoms with van der Waals surface area (Å²) in [6.45, 7) is 3.33. The summed E-state index contributed by atoms with van der Waals surface area (Å²) in [6.07, 6.45) is 5.74. The van der Waals surface area contributed by atoms with Crippen molar-refractivity contribution < 1.29 is 12.8 Å². The Morgan fingerprint density at radius 1 is 1.00 bits per heavy atom. The summed E-state index contributed by atoms with van der Waals surface area (Å²) in [7, 11) is -3.01. The first-order valence-corrected chi connectivity index (χ1v) is 12.2. The van der Waals surface area contributed by atoms with Gasteiger partial charge in [-0.05, 0) is 13.0 Å². The van der Waals surface area contributed by atoms with Gasteiger partial charge in [-0.1, -0.05) is 0 Å². The minimum Gasteiger partial charge on any atom is -0.369 e. The molecule has 9 nitrogen and oxygen atoms in total. The van der Waals surface area contributed by atoms with Gasteiger partial charge in [-0.2, -0.15) is 4.39 Å². The topological polar surface area (TPSA) is 105 Å². The second-order valence-corrected chi connectivity index (χ2v) is 10.2. The van der Waals surface area contributed by atoms with Gasteiger partial charge in [0.05, 0.1) is 23.2 Å². The van der Waals surface area contributed by atoms with E-state index >= 15 is 0 Å². The van der Waals surface area contributed by atoms with E-state index in [1.165, 1.54) is 6.07 Å². The van der Waals surface area contributed by atoms with Gasteiger partial charge >= 0.3 is 0 Å². The van der Waals surface area contributed by atoms with Crippen LogP contribution < -0.4 is 9.80 Å². The van der Waals surface area contributed by atoms with Gasteiger partial charge in [-0.3, -0.25) is 0 Å². The number of sulfone groups is 1. The lowest BCUT2D eigenvalue weighted by Crippen LogP contribution is -2.40. The molecule has 1 saturated heterocycles. The van der Waals surface area contributed by atoms with Crippen molar-refractivity contribution in [3.8, 4) is 11.6 Å². The fraction of sp³-hybridized carbons (Fsp3) is 0.381. The van der Waals surface area contributed by atoms with Crippen LogP contribution >= 0.6 is 0 Å². The summed E-state index contributed by atoms with van der Waals surface area (Å²) >= 11 is 0. The Hall–Kier alpha value is -3.21. The van der Waals surface area contributed by atoms with Crippen molar-refractivity contribution in [1.29, 1.82) is 0 Å². The number of anilines is 2. The van der Waals surface area contributed by atoms with E-state index in [-0.39, 0.29) is 17.5 Å². The summed E-state index contributed by atoms with van der Waals surface area (Å²) in [5, 5.41) is 0. The molecule has 11 heteroatoms. The molecular formula is C21H22FN7O2S. The van der Waals surface area contributed by atoms with Crippen molar-refractivity contribution in [2.75, 3.05) is 40.9 Å².